The fraction of sp³-hybridized carbons (Fsp3) is 0.500. The van der Waals surface area contributed by atoms with Crippen LogP contribution in [-0.2, 0) is 0 Å². The first-order valence-corrected chi connectivity index (χ1v) is 5.65. The van der Waals surface area contributed by atoms with Gasteiger partial charge < -0.3 is 15.5 Å². The standard InChI is InChI=1S/C12H19N3/c1-2-14-9-10-15(8-7-13)12-6-4-3-5-11(12)14/h3-6H,2,7-10,13H2,1H3. The zero-order valence-electron chi connectivity index (χ0n) is 9.32. The average Bonchev–Trinajstić information content (AvgIpc) is 2.30. The Morgan fingerprint density at radius 3 is 2.33 bits per heavy atom. The summed E-state index contributed by atoms with van der Waals surface area (Å²) in [6.07, 6.45) is 0. The van der Waals surface area contributed by atoms with Crippen LogP contribution in [0.3, 0.4) is 0 Å². The van der Waals surface area contributed by atoms with Crippen LogP contribution in [0, 0.1) is 0 Å². The Morgan fingerprint density at radius 2 is 1.73 bits per heavy atom. The monoisotopic (exact) mass is 205 g/mol. The molecular formula is C12H19N3. The zero-order valence-corrected chi connectivity index (χ0v) is 9.32. The van der Waals surface area contributed by atoms with Gasteiger partial charge in [0.25, 0.3) is 0 Å². The molecule has 0 atom stereocenters. The lowest BCUT2D eigenvalue weighted by molar-refractivity contribution is 0.708. The van der Waals surface area contributed by atoms with Gasteiger partial charge in [-0.25, -0.2) is 0 Å². The van der Waals surface area contributed by atoms with E-state index in [4.69, 9.17) is 5.73 Å². The number of anilines is 2. The summed E-state index contributed by atoms with van der Waals surface area (Å²) in [6.45, 7) is 7.15. The van der Waals surface area contributed by atoms with E-state index in [0.29, 0.717) is 0 Å². The summed E-state index contributed by atoms with van der Waals surface area (Å²) in [6, 6.07) is 8.59. The molecule has 2 rings (SSSR count). The van der Waals surface area contributed by atoms with Crippen LogP contribution in [0.1, 0.15) is 6.92 Å². The fourth-order valence-corrected chi connectivity index (χ4v) is 2.20. The fourth-order valence-electron chi connectivity index (χ4n) is 2.20. The lowest BCUT2D eigenvalue weighted by atomic mass is 10.1. The summed E-state index contributed by atoms with van der Waals surface area (Å²) in [5, 5.41) is 0. The SMILES string of the molecule is CCN1CCN(CCN)c2ccccc21. The van der Waals surface area contributed by atoms with Gasteiger partial charge in [0.1, 0.15) is 0 Å². The number of para-hydroxylation sites is 2. The normalized spacial score (nSPS) is 15.3. The van der Waals surface area contributed by atoms with Gasteiger partial charge in [-0.05, 0) is 19.1 Å². The number of rotatable bonds is 3. The van der Waals surface area contributed by atoms with Crippen molar-refractivity contribution in [3.05, 3.63) is 24.3 Å². The van der Waals surface area contributed by atoms with Crippen molar-refractivity contribution >= 4 is 11.4 Å². The van der Waals surface area contributed by atoms with Gasteiger partial charge in [-0.15, -0.1) is 0 Å². The van der Waals surface area contributed by atoms with Crippen molar-refractivity contribution in [1.82, 2.24) is 0 Å². The second-order valence-corrected chi connectivity index (χ2v) is 3.84. The van der Waals surface area contributed by atoms with Gasteiger partial charge in [-0.3, -0.25) is 0 Å². The van der Waals surface area contributed by atoms with Crippen LogP contribution in [0.4, 0.5) is 11.4 Å². The predicted molar refractivity (Wildman–Crippen MR) is 65.6 cm³/mol. The molecule has 0 amide bonds. The lowest BCUT2D eigenvalue weighted by Crippen LogP contribution is -2.42. The van der Waals surface area contributed by atoms with Gasteiger partial charge in [0, 0.05) is 32.7 Å². The molecule has 0 spiro atoms. The molecule has 0 bridgehead atoms. The molecule has 3 heteroatoms. The highest BCUT2D eigenvalue weighted by Crippen LogP contribution is 2.31. The van der Waals surface area contributed by atoms with E-state index in [9.17, 15) is 0 Å². The molecule has 2 N–H and O–H groups in total. The zero-order chi connectivity index (χ0) is 10.7. The number of hydrogen-bond acceptors (Lipinski definition) is 3. The molecule has 0 saturated carbocycles. The Morgan fingerprint density at radius 1 is 1.13 bits per heavy atom. The van der Waals surface area contributed by atoms with E-state index in [1.165, 1.54) is 11.4 Å². The number of likely N-dealkylation sites (N-methyl/N-ethyl adjacent to an activating group) is 1. The summed E-state index contributed by atoms with van der Waals surface area (Å²) in [5.74, 6) is 0. The number of fused-ring (bicyclic) bond motifs is 1. The highest BCUT2D eigenvalue weighted by atomic mass is 15.3. The van der Waals surface area contributed by atoms with E-state index in [1.807, 2.05) is 0 Å². The minimum Gasteiger partial charge on any atom is -0.368 e. The van der Waals surface area contributed by atoms with Gasteiger partial charge >= 0.3 is 0 Å². The predicted octanol–water partition coefficient (Wildman–Crippen LogP) is 1.29. The molecule has 0 fully saturated rings. The van der Waals surface area contributed by atoms with Crippen LogP contribution in [0.15, 0.2) is 24.3 Å². The topological polar surface area (TPSA) is 32.5 Å². The molecule has 1 aromatic carbocycles. The lowest BCUT2D eigenvalue weighted by Gasteiger charge is -2.38. The van der Waals surface area contributed by atoms with Gasteiger partial charge in [0.2, 0.25) is 0 Å². The third-order valence-electron chi connectivity index (χ3n) is 2.98. The summed E-state index contributed by atoms with van der Waals surface area (Å²) >= 11 is 0. The quantitative estimate of drug-likeness (QED) is 0.807. The third-order valence-corrected chi connectivity index (χ3v) is 2.98. The molecular weight excluding hydrogens is 186 g/mol. The molecule has 0 aliphatic carbocycles. The number of nitrogens with two attached hydrogens (primary N) is 1. The second-order valence-electron chi connectivity index (χ2n) is 3.84. The van der Waals surface area contributed by atoms with E-state index < -0.39 is 0 Å². The van der Waals surface area contributed by atoms with Crippen LogP contribution in [0.25, 0.3) is 0 Å². The smallest absolute Gasteiger partial charge is 0.0605 e. The molecule has 15 heavy (non-hydrogen) atoms. The Kier molecular flexibility index (Phi) is 3.11. The van der Waals surface area contributed by atoms with Crippen molar-refractivity contribution in [2.24, 2.45) is 5.73 Å². The van der Waals surface area contributed by atoms with Crippen molar-refractivity contribution in [2.75, 3.05) is 42.5 Å². The minimum atomic E-state index is 0.723. The molecule has 3 nitrogen and oxygen atoms in total. The van der Waals surface area contributed by atoms with Crippen LogP contribution >= 0.6 is 0 Å². The average molecular weight is 205 g/mol. The summed E-state index contributed by atoms with van der Waals surface area (Å²) < 4.78 is 0. The van der Waals surface area contributed by atoms with Crippen molar-refractivity contribution in [3.8, 4) is 0 Å². The molecule has 82 valence electrons. The van der Waals surface area contributed by atoms with Crippen LogP contribution in [0.2, 0.25) is 0 Å². The van der Waals surface area contributed by atoms with Crippen molar-refractivity contribution in [3.63, 3.8) is 0 Å². The third kappa shape index (κ3) is 1.92. The Bertz CT molecular complexity index is 324. The largest absolute Gasteiger partial charge is 0.368 e. The Balaban J connectivity index is 2.30. The maximum absolute atomic E-state index is 5.63. The first kappa shape index (κ1) is 10.3. The number of benzene rings is 1. The molecule has 1 aliphatic rings. The maximum Gasteiger partial charge on any atom is 0.0605 e. The van der Waals surface area contributed by atoms with Gasteiger partial charge in [0.05, 0.1) is 11.4 Å². The highest BCUT2D eigenvalue weighted by Gasteiger charge is 2.19. The minimum absolute atomic E-state index is 0.723. The Hall–Kier alpha value is -1.22. The first-order valence-electron chi connectivity index (χ1n) is 5.65. The summed E-state index contributed by atoms with van der Waals surface area (Å²) in [4.78, 5) is 4.80. The molecule has 0 aromatic heterocycles. The van der Waals surface area contributed by atoms with Gasteiger partial charge in [0.15, 0.2) is 0 Å². The van der Waals surface area contributed by atoms with Gasteiger partial charge in [-0.2, -0.15) is 0 Å². The molecule has 1 aromatic rings. The van der Waals surface area contributed by atoms with Crippen molar-refractivity contribution in [2.45, 2.75) is 6.92 Å². The molecule has 1 heterocycles. The summed E-state index contributed by atoms with van der Waals surface area (Å²) in [5.41, 5.74) is 8.30. The maximum atomic E-state index is 5.63. The van der Waals surface area contributed by atoms with Crippen molar-refractivity contribution in [1.29, 1.82) is 0 Å². The first-order chi connectivity index (χ1) is 7.36. The molecule has 0 saturated heterocycles. The number of nitrogens with zero attached hydrogens (tertiary/aromatic N) is 2. The van der Waals surface area contributed by atoms with E-state index in [1.54, 1.807) is 0 Å². The van der Waals surface area contributed by atoms with E-state index in [-0.39, 0.29) is 0 Å². The summed E-state index contributed by atoms with van der Waals surface area (Å²) in [7, 11) is 0. The molecule has 0 unspecified atom stereocenters. The second kappa shape index (κ2) is 4.53. The number of hydrogen-bond donors (Lipinski definition) is 1. The van der Waals surface area contributed by atoms with Crippen LogP contribution in [-0.4, -0.2) is 32.7 Å². The highest BCUT2D eigenvalue weighted by molar-refractivity contribution is 5.73. The van der Waals surface area contributed by atoms with E-state index in [0.717, 1.165) is 32.7 Å². The van der Waals surface area contributed by atoms with E-state index in [2.05, 4.69) is 41.0 Å². The Labute approximate surface area is 91.5 Å². The molecule has 1 aliphatic heterocycles. The van der Waals surface area contributed by atoms with Gasteiger partial charge in [-0.1, -0.05) is 12.1 Å². The van der Waals surface area contributed by atoms with Crippen molar-refractivity contribution < 1.29 is 0 Å². The molecule has 0 radical (unpaired) electrons. The van der Waals surface area contributed by atoms with E-state index >= 15 is 0 Å². The van der Waals surface area contributed by atoms with Crippen LogP contribution in [0.5, 0.6) is 0 Å². The van der Waals surface area contributed by atoms with Crippen LogP contribution < -0.4 is 15.5 Å².